The van der Waals surface area contributed by atoms with Gasteiger partial charge in [0, 0.05) is 24.3 Å². The Morgan fingerprint density at radius 3 is 2.37 bits per heavy atom. The number of rotatable bonds is 7. The van der Waals surface area contributed by atoms with E-state index >= 15 is 0 Å². The maximum Gasteiger partial charge on any atom is 0.251 e. The van der Waals surface area contributed by atoms with Crippen LogP contribution in [0.3, 0.4) is 0 Å². The molecule has 3 nitrogen and oxygen atoms in total. The van der Waals surface area contributed by atoms with Crippen LogP contribution in [-0.2, 0) is 13.0 Å². The van der Waals surface area contributed by atoms with Gasteiger partial charge in [-0.3, -0.25) is 4.79 Å². The molecule has 154 valence electrons. The van der Waals surface area contributed by atoms with Gasteiger partial charge in [-0.2, -0.15) is 0 Å². The molecule has 4 rings (SSSR count). The summed E-state index contributed by atoms with van der Waals surface area (Å²) in [5.74, 6) is 0.490. The van der Waals surface area contributed by atoms with Crippen LogP contribution in [0.2, 0.25) is 0 Å². The SMILES string of the molecule is CC(C)C[C@@H](NC(=O)c1ccc(CN2CCc3ccccc32)cc1)c1ccccc1. The summed E-state index contributed by atoms with van der Waals surface area (Å²) >= 11 is 0. The van der Waals surface area contributed by atoms with Crippen LogP contribution in [0.25, 0.3) is 0 Å². The first-order chi connectivity index (χ1) is 14.6. The van der Waals surface area contributed by atoms with Crippen molar-refractivity contribution in [2.75, 3.05) is 11.4 Å². The lowest BCUT2D eigenvalue weighted by Crippen LogP contribution is -2.29. The fourth-order valence-corrected chi connectivity index (χ4v) is 4.23. The van der Waals surface area contributed by atoms with Gasteiger partial charge in [-0.05, 0) is 53.6 Å². The Kier molecular flexibility index (Phi) is 6.18. The summed E-state index contributed by atoms with van der Waals surface area (Å²) in [5, 5.41) is 3.24. The number of fused-ring (bicyclic) bond motifs is 1. The van der Waals surface area contributed by atoms with Crippen LogP contribution in [-0.4, -0.2) is 12.5 Å². The molecule has 1 amide bonds. The van der Waals surface area contributed by atoms with Crippen molar-refractivity contribution in [1.82, 2.24) is 5.32 Å². The highest BCUT2D eigenvalue weighted by Crippen LogP contribution is 2.29. The summed E-state index contributed by atoms with van der Waals surface area (Å²) in [6.07, 6.45) is 2.02. The zero-order valence-corrected chi connectivity index (χ0v) is 17.8. The molecule has 0 aliphatic carbocycles. The van der Waals surface area contributed by atoms with Crippen LogP contribution in [0, 0.1) is 5.92 Å². The van der Waals surface area contributed by atoms with E-state index in [9.17, 15) is 4.79 Å². The highest BCUT2D eigenvalue weighted by Gasteiger charge is 2.19. The number of nitrogens with zero attached hydrogens (tertiary/aromatic N) is 1. The van der Waals surface area contributed by atoms with Crippen molar-refractivity contribution in [2.24, 2.45) is 5.92 Å². The normalized spacial score (nSPS) is 13.9. The monoisotopic (exact) mass is 398 g/mol. The molecule has 3 heteroatoms. The average Bonchev–Trinajstić information content (AvgIpc) is 3.17. The molecule has 0 saturated carbocycles. The number of carbonyl (C=O) groups is 1. The van der Waals surface area contributed by atoms with Crippen LogP contribution in [0.1, 0.15) is 53.4 Å². The summed E-state index contributed by atoms with van der Waals surface area (Å²) in [5.41, 5.74) is 5.85. The highest BCUT2D eigenvalue weighted by atomic mass is 16.1. The number of hydrogen-bond acceptors (Lipinski definition) is 2. The molecule has 0 unspecified atom stereocenters. The lowest BCUT2D eigenvalue weighted by molar-refractivity contribution is 0.0932. The number of amides is 1. The molecular weight excluding hydrogens is 368 g/mol. The third-order valence-corrected chi connectivity index (χ3v) is 5.79. The minimum Gasteiger partial charge on any atom is -0.367 e. The Morgan fingerprint density at radius 2 is 1.63 bits per heavy atom. The van der Waals surface area contributed by atoms with Gasteiger partial charge in [0.2, 0.25) is 0 Å². The predicted molar refractivity (Wildman–Crippen MR) is 124 cm³/mol. The zero-order chi connectivity index (χ0) is 20.9. The molecule has 0 aromatic heterocycles. The van der Waals surface area contributed by atoms with Crippen LogP contribution in [0.5, 0.6) is 0 Å². The molecule has 0 fully saturated rings. The van der Waals surface area contributed by atoms with Crippen LogP contribution in [0.15, 0.2) is 78.9 Å². The summed E-state index contributed by atoms with van der Waals surface area (Å²) in [6, 6.07) is 26.9. The molecule has 0 bridgehead atoms. The second-order valence-corrected chi connectivity index (χ2v) is 8.56. The quantitative estimate of drug-likeness (QED) is 0.548. The van der Waals surface area contributed by atoms with Gasteiger partial charge in [-0.25, -0.2) is 0 Å². The number of nitrogens with one attached hydrogen (secondary N) is 1. The molecule has 1 aliphatic rings. The van der Waals surface area contributed by atoms with Crippen LogP contribution in [0.4, 0.5) is 5.69 Å². The van der Waals surface area contributed by atoms with Gasteiger partial charge in [0.15, 0.2) is 0 Å². The molecule has 0 spiro atoms. The lowest BCUT2D eigenvalue weighted by atomic mass is 9.96. The van der Waals surface area contributed by atoms with Gasteiger partial charge in [0.1, 0.15) is 0 Å². The smallest absolute Gasteiger partial charge is 0.251 e. The second kappa shape index (κ2) is 9.17. The van der Waals surface area contributed by atoms with Gasteiger partial charge in [-0.15, -0.1) is 0 Å². The first-order valence-corrected chi connectivity index (χ1v) is 10.9. The molecule has 0 saturated heterocycles. The number of carbonyl (C=O) groups excluding carboxylic acids is 1. The maximum atomic E-state index is 12.9. The fraction of sp³-hybridized carbons (Fsp3) is 0.296. The third kappa shape index (κ3) is 4.73. The maximum absolute atomic E-state index is 12.9. The molecule has 1 heterocycles. The molecule has 1 aliphatic heterocycles. The van der Waals surface area contributed by atoms with E-state index in [-0.39, 0.29) is 11.9 Å². The number of anilines is 1. The van der Waals surface area contributed by atoms with Gasteiger partial charge >= 0.3 is 0 Å². The van der Waals surface area contributed by atoms with E-state index in [0.717, 1.165) is 31.5 Å². The molecular formula is C27H30N2O. The third-order valence-electron chi connectivity index (χ3n) is 5.79. The summed E-state index contributed by atoms with van der Waals surface area (Å²) in [7, 11) is 0. The van der Waals surface area contributed by atoms with E-state index in [0.29, 0.717) is 11.5 Å². The Labute approximate surface area is 179 Å². The predicted octanol–water partition coefficient (Wildman–Crippen LogP) is 5.77. The number of benzene rings is 3. The van der Waals surface area contributed by atoms with Crippen molar-refractivity contribution in [3.63, 3.8) is 0 Å². The van der Waals surface area contributed by atoms with Crippen molar-refractivity contribution in [3.8, 4) is 0 Å². The fourth-order valence-electron chi connectivity index (χ4n) is 4.23. The highest BCUT2D eigenvalue weighted by molar-refractivity contribution is 5.94. The van der Waals surface area contributed by atoms with E-state index < -0.39 is 0 Å². The zero-order valence-electron chi connectivity index (χ0n) is 17.8. The second-order valence-electron chi connectivity index (χ2n) is 8.56. The van der Waals surface area contributed by atoms with E-state index in [1.165, 1.54) is 16.8 Å². The molecule has 1 N–H and O–H groups in total. The minimum absolute atomic E-state index is 0.0115. The first-order valence-electron chi connectivity index (χ1n) is 10.9. The van der Waals surface area contributed by atoms with E-state index in [1.807, 2.05) is 30.3 Å². The molecule has 3 aromatic rings. The van der Waals surface area contributed by atoms with E-state index in [4.69, 9.17) is 0 Å². The lowest BCUT2D eigenvalue weighted by Gasteiger charge is -2.22. The topological polar surface area (TPSA) is 32.3 Å². The van der Waals surface area contributed by atoms with Crippen molar-refractivity contribution in [1.29, 1.82) is 0 Å². The van der Waals surface area contributed by atoms with Crippen molar-refractivity contribution in [2.45, 2.75) is 39.3 Å². The number of para-hydroxylation sites is 1. The largest absolute Gasteiger partial charge is 0.367 e. The standard InChI is InChI=1S/C27H30N2O/c1-20(2)18-25(22-8-4-3-5-9-22)28-27(30)24-14-12-21(13-15-24)19-29-17-16-23-10-6-7-11-26(23)29/h3-15,20,25H,16-19H2,1-2H3,(H,28,30)/t25-/m1/s1. The molecule has 1 atom stereocenters. The Morgan fingerprint density at radius 1 is 0.933 bits per heavy atom. The van der Waals surface area contributed by atoms with Crippen molar-refractivity contribution in [3.05, 3.63) is 101 Å². The van der Waals surface area contributed by atoms with Gasteiger partial charge in [0.05, 0.1) is 6.04 Å². The number of hydrogen-bond donors (Lipinski definition) is 1. The Balaban J connectivity index is 1.42. The minimum atomic E-state index is -0.0115. The molecule has 30 heavy (non-hydrogen) atoms. The summed E-state index contributed by atoms with van der Waals surface area (Å²) in [4.78, 5) is 15.3. The van der Waals surface area contributed by atoms with E-state index in [1.54, 1.807) is 0 Å². The summed E-state index contributed by atoms with van der Waals surface area (Å²) < 4.78 is 0. The molecule has 3 aromatic carbocycles. The first kappa shape index (κ1) is 20.2. The average molecular weight is 399 g/mol. The summed E-state index contributed by atoms with van der Waals surface area (Å²) in [6.45, 7) is 6.30. The van der Waals surface area contributed by atoms with Crippen molar-refractivity contribution >= 4 is 11.6 Å². The van der Waals surface area contributed by atoms with E-state index in [2.05, 4.69) is 72.6 Å². The van der Waals surface area contributed by atoms with Gasteiger partial charge in [0.25, 0.3) is 5.91 Å². The molecule has 0 radical (unpaired) electrons. The van der Waals surface area contributed by atoms with Crippen molar-refractivity contribution < 1.29 is 4.79 Å². The van der Waals surface area contributed by atoms with Crippen LogP contribution < -0.4 is 10.2 Å². The Hall–Kier alpha value is -3.07. The Bertz CT molecular complexity index is 979. The van der Waals surface area contributed by atoms with Gasteiger partial charge in [-0.1, -0.05) is 74.5 Å². The van der Waals surface area contributed by atoms with Gasteiger partial charge < -0.3 is 10.2 Å². The van der Waals surface area contributed by atoms with Crippen LogP contribution >= 0.6 is 0 Å².